The van der Waals surface area contributed by atoms with Gasteiger partial charge in [-0.1, -0.05) is 12.8 Å². The zero-order valence-corrected chi connectivity index (χ0v) is 15.8. The molecule has 3 N–H and O–H groups in total. The zero-order chi connectivity index (χ0) is 18.7. The maximum absolute atomic E-state index is 12.6. The molecular weight excluding hydrogens is 328 g/mol. The van der Waals surface area contributed by atoms with Gasteiger partial charge < -0.3 is 20.9 Å². The van der Waals surface area contributed by atoms with Crippen LogP contribution in [0.1, 0.15) is 43.0 Å². The fourth-order valence-corrected chi connectivity index (χ4v) is 3.91. The summed E-state index contributed by atoms with van der Waals surface area (Å²) in [5, 5.41) is 2.97. The first-order valence-corrected chi connectivity index (χ1v) is 9.54. The molecule has 6 heteroatoms. The number of piperazine rings is 1. The van der Waals surface area contributed by atoms with Crippen molar-refractivity contribution in [2.24, 2.45) is 11.7 Å². The number of benzene rings is 1. The lowest BCUT2D eigenvalue weighted by Gasteiger charge is -2.37. The third-order valence-electron chi connectivity index (χ3n) is 5.76. The van der Waals surface area contributed by atoms with Crippen molar-refractivity contribution in [2.75, 3.05) is 38.5 Å². The number of rotatable bonds is 3. The van der Waals surface area contributed by atoms with Crippen LogP contribution in [0.2, 0.25) is 0 Å². The van der Waals surface area contributed by atoms with Crippen molar-refractivity contribution in [3.05, 3.63) is 29.8 Å². The highest BCUT2D eigenvalue weighted by Gasteiger charge is 2.37. The van der Waals surface area contributed by atoms with Crippen LogP contribution in [0.4, 0.5) is 5.69 Å². The maximum Gasteiger partial charge on any atom is 0.253 e. The molecule has 2 fully saturated rings. The van der Waals surface area contributed by atoms with E-state index in [2.05, 4.69) is 17.3 Å². The smallest absolute Gasteiger partial charge is 0.253 e. The molecule has 2 unspecified atom stereocenters. The average molecular weight is 358 g/mol. The molecule has 1 aliphatic heterocycles. The summed E-state index contributed by atoms with van der Waals surface area (Å²) in [5.41, 5.74) is 7.25. The molecule has 6 nitrogen and oxygen atoms in total. The molecule has 0 spiro atoms. The van der Waals surface area contributed by atoms with E-state index in [4.69, 9.17) is 5.73 Å². The molecule has 1 aliphatic carbocycles. The number of likely N-dealkylation sites (N-methyl/N-ethyl adjacent to an activating group) is 1. The Morgan fingerprint density at radius 2 is 1.77 bits per heavy atom. The Balaban J connectivity index is 1.60. The number of nitrogens with one attached hydrogen (secondary N) is 1. The Kier molecular flexibility index (Phi) is 5.63. The Hall–Kier alpha value is -1.92. The number of amides is 2. The van der Waals surface area contributed by atoms with E-state index in [1.807, 2.05) is 11.8 Å². The summed E-state index contributed by atoms with van der Waals surface area (Å²) < 4.78 is 0. The van der Waals surface area contributed by atoms with E-state index >= 15 is 0 Å². The first-order chi connectivity index (χ1) is 12.4. The second-order valence-corrected chi connectivity index (χ2v) is 7.97. The standard InChI is InChI=1S/C20H30N4O2/c1-20(21)10-4-3-5-17(20)18(25)22-16-8-6-15(7-9-16)19(26)24-13-11-23(2)12-14-24/h6-9,17H,3-5,10-14,21H2,1-2H3,(H,22,25). The average Bonchev–Trinajstić information content (AvgIpc) is 2.62. The van der Waals surface area contributed by atoms with Gasteiger partial charge in [0.1, 0.15) is 0 Å². The Bertz CT molecular complexity index is 648. The second-order valence-electron chi connectivity index (χ2n) is 7.97. The van der Waals surface area contributed by atoms with E-state index in [-0.39, 0.29) is 17.7 Å². The third-order valence-corrected chi connectivity index (χ3v) is 5.76. The first kappa shape index (κ1) is 18.9. The topological polar surface area (TPSA) is 78.7 Å². The summed E-state index contributed by atoms with van der Waals surface area (Å²) in [6, 6.07) is 7.19. The van der Waals surface area contributed by atoms with Crippen molar-refractivity contribution in [3.63, 3.8) is 0 Å². The highest BCUT2D eigenvalue weighted by molar-refractivity contribution is 5.96. The van der Waals surface area contributed by atoms with Crippen LogP contribution in [0.3, 0.4) is 0 Å². The summed E-state index contributed by atoms with van der Waals surface area (Å²) in [4.78, 5) is 29.3. The van der Waals surface area contributed by atoms with Gasteiger partial charge in [-0.3, -0.25) is 9.59 Å². The third kappa shape index (κ3) is 4.24. The van der Waals surface area contributed by atoms with Crippen LogP contribution in [0.5, 0.6) is 0 Å². The minimum Gasteiger partial charge on any atom is -0.336 e. The van der Waals surface area contributed by atoms with E-state index in [0.29, 0.717) is 11.3 Å². The quantitative estimate of drug-likeness (QED) is 0.865. The molecule has 1 aromatic carbocycles. The highest BCUT2D eigenvalue weighted by Crippen LogP contribution is 2.32. The van der Waals surface area contributed by atoms with Gasteiger partial charge in [-0.05, 0) is 51.1 Å². The van der Waals surface area contributed by atoms with Crippen molar-refractivity contribution in [3.8, 4) is 0 Å². The van der Waals surface area contributed by atoms with Crippen LogP contribution >= 0.6 is 0 Å². The predicted octanol–water partition coefficient (Wildman–Crippen LogP) is 1.92. The van der Waals surface area contributed by atoms with Gasteiger partial charge in [0, 0.05) is 43.0 Å². The van der Waals surface area contributed by atoms with Crippen molar-refractivity contribution in [2.45, 2.75) is 38.1 Å². The lowest BCUT2D eigenvalue weighted by molar-refractivity contribution is -0.122. The molecule has 3 rings (SSSR count). The lowest BCUT2D eigenvalue weighted by atomic mass is 9.74. The molecule has 1 aromatic rings. The van der Waals surface area contributed by atoms with Crippen molar-refractivity contribution < 1.29 is 9.59 Å². The number of nitrogens with zero attached hydrogens (tertiary/aromatic N) is 2. The summed E-state index contributed by atoms with van der Waals surface area (Å²) in [5.74, 6) is -0.131. The molecule has 2 amide bonds. The van der Waals surface area contributed by atoms with Gasteiger partial charge in [-0.15, -0.1) is 0 Å². The monoisotopic (exact) mass is 358 g/mol. The zero-order valence-electron chi connectivity index (χ0n) is 15.8. The van der Waals surface area contributed by atoms with Crippen molar-refractivity contribution >= 4 is 17.5 Å². The minimum atomic E-state index is -0.445. The van der Waals surface area contributed by atoms with Crippen LogP contribution in [-0.4, -0.2) is 60.4 Å². The fraction of sp³-hybridized carbons (Fsp3) is 0.600. The number of anilines is 1. The van der Waals surface area contributed by atoms with Gasteiger partial charge >= 0.3 is 0 Å². The highest BCUT2D eigenvalue weighted by atomic mass is 16.2. The molecule has 1 saturated heterocycles. The molecule has 26 heavy (non-hydrogen) atoms. The van der Waals surface area contributed by atoms with E-state index < -0.39 is 5.54 Å². The number of carbonyl (C=O) groups excluding carboxylic acids is 2. The molecule has 1 heterocycles. The van der Waals surface area contributed by atoms with Gasteiger partial charge in [0.05, 0.1) is 5.92 Å². The van der Waals surface area contributed by atoms with Gasteiger partial charge in [0.2, 0.25) is 5.91 Å². The van der Waals surface area contributed by atoms with Gasteiger partial charge in [-0.25, -0.2) is 0 Å². The molecule has 1 saturated carbocycles. The van der Waals surface area contributed by atoms with Gasteiger partial charge in [0.25, 0.3) is 5.91 Å². The molecular formula is C20H30N4O2. The van der Waals surface area contributed by atoms with E-state index in [1.54, 1.807) is 24.3 Å². The summed E-state index contributed by atoms with van der Waals surface area (Å²) in [7, 11) is 2.07. The fourth-order valence-electron chi connectivity index (χ4n) is 3.91. The number of hydrogen-bond acceptors (Lipinski definition) is 4. The normalized spacial score (nSPS) is 27.2. The summed E-state index contributed by atoms with van der Waals surface area (Å²) in [6.07, 6.45) is 3.84. The number of carbonyl (C=O) groups is 2. The Morgan fingerprint density at radius 3 is 2.38 bits per heavy atom. The molecule has 142 valence electrons. The molecule has 0 radical (unpaired) electrons. The molecule has 2 aliphatic rings. The Morgan fingerprint density at radius 1 is 1.12 bits per heavy atom. The maximum atomic E-state index is 12.6. The molecule has 2 atom stereocenters. The van der Waals surface area contributed by atoms with Gasteiger partial charge in [0.15, 0.2) is 0 Å². The number of hydrogen-bond donors (Lipinski definition) is 2. The largest absolute Gasteiger partial charge is 0.336 e. The van der Waals surface area contributed by atoms with Crippen LogP contribution in [0.25, 0.3) is 0 Å². The summed E-state index contributed by atoms with van der Waals surface area (Å²) >= 11 is 0. The molecule has 0 bridgehead atoms. The van der Waals surface area contributed by atoms with Crippen LogP contribution < -0.4 is 11.1 Å². The minimum absolute atomic E-state index is 0.0205. The van der Waals surface area contributed by atoms with E-state index in [1.165, 1.54) is 0 Å². The second kappa shape index (κ2) is 7.76. The summed E-state index contributed by atoms with van der Waals surface area (Å²) in [6.45, 7) is 5.28. The van der Waals surface area contributed by atoms with Crippen molar-refractivity contribution in [1.29, 1.82) is 0 Å². The first-order valence-electron chi connectivity index (χ1n) is 9.54. The van der Waals surface area contributed by atoms with Crippen LogP contribution in [0.15, 0.2) is 24.3 Å². The molecule has 0 aromatic heterocycles. The Labute approximate surface area is 155 Å². The lowest BCUT2D eigenvalue weighted by Crippen LogP contribution is -2.51. The predicted molar refractivity (Wildman–Crippen MR) is 103 cm³/mol. The van der Waals surface area contributed by atoms with Crippen LogP contribution in [0, 0.1) is 5.92 Å². The van der Waals surface area contributed by atoms with E-state index in [9.17, 15) is 9.59 Å². The SMILES string of the molecule is CN1CCN(C(=O)c2ccc(NC(=O)C3CCCCC3(C)N)cc2)CC1. The van der Waals surface area contributed by atoms with Gasteiger partial charge in [-0.2, -0.15) is 0 Å². The van der Waals surface area contributed by atoms with Crippen LogP contribution in [-0.2, 0) is 4.79 Å². The van der Waals surface area contributed by atoms with Crippen molar-refractivity contribution in [1.82, 2.24) is 9.80 Å². The van der Waals surface area contributed by atoms with E-state index in [0.717, 1.165) is 51.9 Å². The number of nitrogens with two attached hydrogens (primary N) is 1.